The van der Waals surface area contributed by atoms with Gasteiger partial charge in [0.2, 0.25) is 0 Å². The molecule has 0 heterocycles. The van der Waals surface area contributed by atoms with Crippen LogP contribution in [0.4, 0.5) is 0 Å². The summed E-state index contributed by atoms with van der Waals surface area (Å²) in [5, 5.41) is 0. The Balaban J connectivity index is 2.22. The minimum atomic E-state index is -3.82. The fourth-order valence-electron chi connectivity index (χ4n) is 2.04. The molecule has 0 unspecified atom stereocenters. The first-order chi connectivity index (χ1) is 11.0. The van der Waals surface area contributed by atoms with Crippen LogP contribution in [0.2, 0.25) is 0 Å². The van der Waals surface area contributed by atoms with E-state index in [2.05, 4.69) is 0 Å². The third-order valence-corrected chi connectivity index (χ3v) is 4.62. The van der Waals surface area contributed by atoms with Gasteiger partial charge in [-0.1, -0.05) is 18.2 Å². The Kier molecular flexibility index (Phi) is 5.63. The van der Waals surface area contributed by atoms with E-state index >= 15 is 0 Å². The zero-order valence-corrected chi connectivity index (χ0v) is 14.2. The SMILES string of the molecule is CCOS(=O)(=O)c1ccc(C)cc1OCc1ccc(OC)cc1. The summed E-state index contributed by atoms with van der Waals surface area (Å²) >= 11 is 0. The average molecular weight is 336 g/mol. The Morgan fingerprint density at radius 1 is 1.04 bits per heavy atom. The summed E-state index contributed by atoms with van der Waals surface area (Å²) in [7, 11) is -2.22. The molecule has 0 aliphatic heterocycles. The second kappa shape index (κ2) is 7.48. The van der Waals surface area contributed by atoms with Crippen molar-refractivity contribution < 1.29 is 22.1 Å². The van der Waals surface area contributed by atoms with Gasteiger partial charge in [0, 0.05) is 0 Å². The summed E-state index contributed by atoms with van der Waals surface area (Å²) < 4.78 is 39.9. The van der Waals surface area contributed by atoms with Gasteiger partial charge in [0.15, 0.2) is 0 Å². The second-order valence-corrected chi connectivity index (χ2v) is 6.53. The number of rotatable bonds is 7. The van der Waals surface area contributed by atoms with Gasteiger partial charge >= 0.3 is 10.1 Å². The largest absolute Gasteiger partial charge is 0.497 e. The zero-order chi connectivity index (χ0) is 16.9. The van der Waals surface area contributed by atoms with Crippen LogP contribution >= 0.6 is 0 Å². The van der Waals surface area contributed by atoms with Crippen molar-refractivity contribution >= 4 is 10.1 Å². The fourth-order valence-corrected chi connectivity index (χ4v) is 3.07. The lowest BCUT2D eigenvalue weighted by molar-refractivity contribution is 0.291. The van der Waals surface area contributed by atoms with Crippen molar-refractivity contribution in [2.45, 2.75) is 25.3 Å². The van der Waals surface area contributed by atoms with E-state index < -0.39 is 10.1 Å². The Labute approximate surface area is 136 Å². The third-order valence-electron chi connectivity index (χ3n) is 3.19. The van der Waals surface area contributed by atoms with E-state index in [9.17, 15) is 8.42 Å². The smallest absolute Gasteiger partial charge is 0.300 e. The molecule has 0 amide bonds. The number of hydrogen-bond acceptors (Lipinski definition) is 5. The first-order valence-corrected chi connectivity index (χ1v) is 8.63. The van der Waals surface area contributed by atoms with Crippen molar-refractivity contribution in [3.63, 3.8) is 0 Å². The highest BCUT2D eigenvalue weighted by atomic mass is 32.2. The number of hydrogen-bond donors (Lipinski definition) is 0. The molecule has 0 aliphatic rings. The number of methoxy groups -OCH3 is 1. The van der Waals surface area contributed by atoms with E-state index in [4.69, 9.17) is 13.7 Å². The summed E-state index contributed by atoms with van der Waals surface area (Å²) in [6.07, 6.45) is 0. The molecule has 0 radical (unpaired) electrons. The summed E-state index contributed by atoms with van der Waals surface area (Å²) in [5.41, 5.74) is 1.82. The van der Waals surface area contributed by atoms with Crippen molar-refractivity contribution in [3.8, 4) is 11.5 Å². The summed E-state index contributed by atoms with van der Waals surface area (Å²) in [6, 6.07) is 12.3. The quantitative estimate of drug-likeness (QED) is 0.726. The molecule has 0 saturated carbocycles. The van der Waals surface area contributed by atoms with Gasteiger partial charge in [0.25, 0.3) is 0 Å². The number of aryl methyl sites for hydroxylation is 1. The van der Waals surface area contributed by atoms with E-state index in [0.717, 1.165) is 16.9 Å². The van der Waals surface area contributed by atoms with Crippen LogP contribution in [0.3, 0.4) is 0 Å². The number of ether oxygens (including phenoxy) is 2. The minimum absolute atomic E-state index is 0.0402. The number of benzene rings is 2. The Hall–Kier alpha value is -2.05. The maximum Gasteiger partial charge on any atom is 0.300 e. The van der Waals surface area contributed by atoms with Crippen LogP contribution in [-0.4, -0.2) is 22.1 Å². The molecule has 0 aromatic heterocycles. The van der Waals surface area contributed by atoms with Crippen LogP contribution in [-0.2, 0) is 20.9 Å². The van der Waals surface area contributed by atoms with Crippen LogP contribution in [0.5, 0.6) is 11.5 Å². The Morgan fingerprint density at radius 2 is 1.74 bits per heavy atom. The average Bonchev–Trinajstić information content (AvgIpc) is 2.53. The molecule has 0 saturated heterocycles. The van der Waals surface area contributed by atoms with E-state index in [-0.39, 0.29) is 23.9 Å². The first-order valence-electron chi connectivity index (χ1n) is 7.22. The molecule has 23 heavy (non-hydrogen) atoms. The molecule has 0 atom stereocenters. The molecular formula is C17H20O5S. The van der Waals surface area contributed by atoms with E-state index in [0.29, 0.717) is 0 Å². The van der Waals surface area contributed by atoms with Gasteiger partial charge in [-0.05, 0) is 49.2 Å². The molecule has 0 bridgehead atoms. The normalized spacial score (nSPS) is 11.3. The van der Waals surface area contributed by atoms with Crippen molar-refractivity contribution in [2.24, 2.45) is 0 Å². The lowest BCUT2D eigenvalue weighted by Crippen LogP contribution is -2.09. The molecule has 0 fully saturated rings. The van der Waals surface area contributed by atoms with Crippen LogP contribution in [0.1, 0.15) is 18.1 Å². The van der Waals surface area contributed by atoms with Gasteiger partial charge in [0.1, 0.15) is 23.0 Å². The molecule has 6 heteroatoms. The van der Waals surface area contributed by atoms with Crippen molar-refractivity contribution in [1.29, 1.82) is 0 Å². The highest BCUT2D eigenvalue weighted by molar-refractivity contribution is 7.86. The van der Waals surface area contributed by atoms with Gasteiger partial charge in [0.05, 0.1) is 13.7 Å². The third kappa shape index (κ3) is 4.46. The van der Waals surface area contributed by atoms with Crippen LogP contribution in [0.25, 0.3) is 0 Å². The maximum absolute atomic E-state index is 12.1. The predicted octanol–water partition coefficient (Wildman–Crippen LogP) is 3.31. The van der Waals surface area contributed by atoms with Crippen molar-refractivity contribution in [2.75, 3.05) is 13.7 Å². The second-order valence-electron chi connectivity index (χ2n) is 4.95. The Bertz CT molecular complexity index is 751. The topological polar surface area (TPSA) is 61.8 Å². The molecule has 0 N–H and O–H groups in total. The molecule has 5 nitrogen and oxygen atoms in total. The van der Waals surface area contributed by atoms with Crippen LogP contribution < -0.4 is 9.47 Å². The van der Waals surface area contributed by atoms with Gasteiger partial charge in [-0.3, -0.25) is 4.18 Å². The van der Waals surface area contributed by atoms with Gasteiger partial charge < -0.3 is 9.47 Å². The van der Waals surface area contributed by atoms with Gasteiger partial charge in [-0.25, -0.2) is 0 Å². The van der Waals surface area contributed by atoms with E-state index in [1.807, 2.05) is 31.2 Å². The lowest BCUT2D eigenvalue weighted by atomic mass is 10.2. The molecule has 2 aromatic carbocycles. The van der Waals surface area contributed by atoms with Gasteiger partial charge in [-0.15, -0.1) is 0 Å². The minimum Gasteiger partial charge on any atom is -0.497 e. The fraction of sp³-hybridized carbons (Fsp3) is 0.294. The highest BCUT2D eigenvalue weighted by Gasteiger charge is 2.20. The molecule has 124 valence electrons. The van der Waals surface area contributed by atoms with Crippen molar-refractivity contribution in [3.05, 3.63) is 53.6 Å². The van der Waals surface area contributed by atoms with Crippen LogP contribution in [0, 0.1) is 6.92 Å². The molecule has 0 spiro atoms. The van der Waals surface area contributed by atoms with Crippen molar-refractivity contribution in [1.82, 2.24) is 0 Å². The molecule has 2 rings (SSSR count). The van der Waals surface area contributed by atoms with Crippen LogP contribution in [0.15, 0.2) is 47.4 Å². The molecule has 0 aliphatic carbocycles. The summed E-state index contributed by atoms with van der Waals surface area (Å²) in [5.74, 6) is 1.04. The predicted molar refractivity (Wildman–Crippen MR) is 87.3 cm³/mol. The van der Waals surface area contributed by atoms with E-state index in [1.54, 1.807) is 26.2 Å². The molecular weight excluding hydrogens is 316 g/mol. The Morgan fingerprint density at radius 3 is 2.35 bits per heavy atom. The van der Waals surface area contributed by atoms with Gasteiger partial charge in [-0.2, -0.15) is 8.42 Å². The van der Waals surface area contributed by atoms with E-state index in [1.165, 1.54) is 6.07 Å². The zero-order valence-electron chi connectivity index (χ0n) is 13.4. The summed E-state index contributed by atoms with van der Waals surface area (Å²) in [4.78, 5) is 0.0402. The lowest BCUT2D eigenvalue weighted by Gasteiger charge is -2.13. The summed E-state index contributed by atoms with van der Waals surface area (Å²) in [6.45, 7) is 3.83. The standard InChI is InChI=1S/C17H20O5S/c1-4-22-23(18,19)17-10-5-13(2)11-16(17)21-12-14-6-8-15(20-3)9-7-14/h5-11H,4,12H2,1-3H3. The maximum atomic E-state index is 12.1. The molecule has 2 aromatic rings. The highest BCUT2D eigenvalue weighted by Crippen LogP contribution is 2.27. The monoisotopic (exact) mass is 336 g/mol. The first kappa shape index (κ1) is 17.3.